The molecule has 0 amide bonds. The van der Waals surface area contributed by atoms with Crippen LogP contribution in [0, 0.1) is 0 Å². The molecule has 0 atom stereocenters. The zero-order valence-electron chi connectivity index (χ0n) is 31.0. The fourth-order valence-corrected chi connectivity index (χ4v) is 8.29. The third-order valence-corrected chi connectivity index (χ3v) is 11.2. The van der Waals surface area contributed by atoms with E-state index in [0.29, 0.717) is 5.82 Å². The van der Waals surface area contributed by atoms with Gasteiger partial charge in [-0.1, -0.05) is 158 Å². The van der Waals surface area contributed by atoms with Crippen molar-refractivity contribution in [2.75, 3.05) is 0 Å². The van der Waals surface area contributed by atoms with E-state index in [1.807, 2.05) is 0 Å². The summed E-state index contributed by atoms with van der Waals surface area (Å²) in [6, 6.07) is 75.7. The predicted molar refractivity (Wildman–Crippen MR) is 239 cm³/mol. The Morgan fingerprint density at radius 2 is 0.807 bits per heavy atom. The molecule has 2 aromatic heterocycles. The summed E-state index contributed by atoms with van der Waals surface area (Å²) in [5, 5.41) is 5.99. The first-order chi connectivity index (χ1) is 28.2. The SMILES string of the molecule is c1ccc(-c2ccc(-c3ccc4c(-c5ccc(-c6ccccc6)cc5)nc(-c5ccc(-n6c7ccccc7c7cc8ccccc8cc76)cc5)nc4c3)cc2)cc1. The topological polar surface area (TPSA) is 30.7 Å². The van der Waals surface area contributed by atoms with Crippen LogP contribution < -0.4 is 0 Å². The van der Waals surface area contributed by atoms with Gasteiger partial charge in [0.2, 0.25) is 0 Å². The molecule has 0 bridgehead atoms. The van der Waals surface area contributed by atoms with Gasteiger partial charge in [0, 0.05) is 33.0 Å². The molecule has 57 heavy (non-hydrogen) atoms. The van der Waals surface area contributed by atoms with Crippen LogP contribution in [0.25, 0.3) is 105 Å². The van der Waals surface area contributed by atoms with E-state index in [2.05, 4.69) is 217 Å². The van der Waals surface area contributed by atoms with Gasteiger partial charge in [0.05, 0.1) is 22.2 Å². The molecule has 0 N–H and O–H groups in total. The smallest absolute Gasteiger partial charge is 0.160 e. The first-order valence-corrected chi connectivity index (χ1v) is 19.4. The zero-order valence-corrected chi connectivity index (χ0v) is 31.0. The number of rotatable bonds is 6. The van der Waals surface area contributed by atoms with Crippen LogP contribution >= 0.6 is 0 Å². The predicted octanol–water partition coefficient (Wildman–Crippen LogP) is 14.2. The van der Waals surface area contributed by atoms with Gasteiger partial charge in [-0.15, -0.1) is 0 Å². The van der Waals surface area contributed by atoms with E-state index in [0.717, 1.165) is 44.5 Å². The molecule has 0 saturated heterocycles. The van der Waals surface area contributed by atoms with Crippen LogP contribution in [0.2, 0.25) is 0 Å². The molecule has 0 aliphatic rings. The van der Waals surface area contributed by atoms with Crippen molar-refractivity contribution in [1.29, 1.82) is 0 Å². The summed E-state index contributed by atoms with van der Waals surface area (Å²) in [5.41, 5.74) is 14.3. The standard InChI is InChI=1S/C54H35N3/c1-3-11-36(12-4-1)38-19-21-40(22-20-38)45-29-32-48-50(34-45)55-54(56-53(48)41-25-23-39(24-26-41)37-13-5-2-6-14-37)42-27-30-46(31-28-42)57-51-18-10-9-17-47(51)49-33-43-15-7-8-16-44(43)35-52(49)57/h1-35H. The molecule has 0 fully saturated rings. The van der Waals surface area contributed by atoms with Crippen molar-refractivity contribution < 1.29 is 0 Å². The van der Waals surface area contributed by atoms with E-state index in [4.69, 9.17) is 9.97 Å². The van der Waals surface area contributed by atoms with Crippen LogP contribution in [-0.4, -0.2) is 14.5 Å². The molecule has 11 rings (SSSR count). The molecule has 0 spiro atoms. The molecule has 266 valence electrons. The molecule has 0 unspecified atom stereocenters. The summed E-state index contributed by atoms with van der Waals surface area (Å²) in [7, 11) is 0. The van der Waals surface area contributed by atoms with E-state index < -0.39 is 0 Å². The van der Waals surface area contributed by atoms with Crippen LogP contribution in [0.15, 0.2) is 212 Å². The van der Waals surface area contributed by atoms with E-state index in [1.54, 1.807) is 0 Å². The second-order valence-corrected chi connectivity index (χ2v) is 14.6. The van der Waals surface area contributed by atoms with Crippen LogP contribution in [0.5, 0.6) is 0 Å². The summed E-state index contributed by atoms with van der Waals surface area (Å²) < 4.78 is 2.37. The van der Waals surface area contributed by atoms with Crippen LogP contribution in [0.1, 0.15) is 0 Å². The molecule has 0 aliphatic heterocycles. The molecule has 0 saturated carbocycles. The summed E-state index contributed by atoms with van der Waals surface area (Å²) in [4.78, 5) is 10.6. The molecule has 2 heterocycles. The lowest BCUT2D eigenvalue weighted by Crippen LogP contribution is -1.97. The van der Waals surface area contributed by atoms with Crippen molar-refractivity contribution in [2.45, 2.75) is 0 Å². The van der Waals surface area contributed by atoms with Gasteiger partial charge in [-0.2, -0.15) is 0 Å². The van der Waals surface area contributed by atoms with Crippen molar-refractivity contribution in [2.24, 2.45) is 0 Å². The second kappa shape index (κ2) is 13.6. The van der Waals surface area contributed by atoms with Gasteiger partial charge >= 0.3 is 0 Å². The third-order valence-electron chi connectivity index (χ3n) is 11.2. The van der Waals surface area contributed by atoms with Gasteiger partial charge in [-0.25, -0.2) is 9.97 Å². The number of fused-ring (bicyclic) bond motifs is 5. The zero-order chi connectivity index (χ0) is 37.7. The lowest BCUT2D eigenvalue weighted by atomic mass is 9.97. The normalized spacial score (nSPS) is 11.5. The van der Waals surface area contributed by atoms with Crippen molar-refractivity contribution in [1.82, 2.24) is 14.5 Å². The number of aromatic nitrogens is 3. The Bertz CT molecular complexity index is 3240. The highest BCUT2D eigenvalue weighted by Crippen LogP contribution is 2.37. The average molecular weight is 726 g/mol. The molecule has 0 aliphatic carbocycles. The van der Waals surface area contributed by atoms with E-state index in [-0.39, 0.29) is 0 Å². The van der Waals surface area contributed by atoms with E-state index in [1.165, 1.54) is 54.8 Å². The lowest BCUT2D eigenvalue weighted by Gasteiger charge is -2.13. The Kier molecular flexibility index (Phi) is 7.82. The van der Waals surface area contributed by atoms with Gasteiger partial charge in [0.15, 0.2) is 5.82 Å². The van der Waals surface area contributed by atoms with Crippen LogP contribution in [-0.2, 0) is 0 Å². The highest BCUT2D eigenvalue weighted by molar-refractivity contribution is 6.13. The van der Waals surface area contributed by atoms with Gasteiger partial charge in [0.25, 0.3) is 0 Å². The largest absolute Gasteiger partial charge is 0.309 e. The third kappa shape index (κ3) is 5.85. The van der Waals surface area contributed by atoms with Crippen molar-refractivity contribution in [3.63, 3.8) is 0 Å². The summed E-state index contributed by atoms with van der Waals surface area (Å²) in [5.74, 6) is 0.695. The van der Waals surface area contributed by atoms with E-state index >= 15 is 0 Å². The monoisotopic (exact) mass is 725 g/mol. The molecule has 0 radical (unpaired) electrons. The molecule has 3 heteroatoms. The highest BCUT2D eigenvalue weighted by Gasteiger charge is 2.16. The number of hydrogen-bond acceptors (Lipinski definition) is 2. The number of para-hydroxylation sites is 1. The molecule has 9 aromatic carbocycles. The average Bonchev–Trinajstić information content (AvgIpc) is 3.61. The van der Waals surface area contributed by atoms with Crippen LogP contribution in [0.3, 0.4) is 0 Å². The van der Waals surface area contributed by atoms with Gasteiger partial charge in [-0.05, 0) is 98.8 Å². The Morgan fingerprint density at radius 3 is 1.47 bits per heavy atom. The minimum atomic E-state index is 0.695. The minimum absolute atomic E-state index is 0.695. The maximum Gasteiger partial charge on any atom is 0.160 e. The summed E-state index contributed by atoms with van der Waals surface area (Å²) >= 11 is 0. The maximum absolute atomic E-state index is 5.30. The number of hydrogen-bond donors (Lipinski definition) is 0. The van der Waals surface area contributed by atoms with Crippen molar-refractivity contribution in [3.05, 3.63) is 212 Å². The highest BCUT2D eigenvalue weighted by atomic mass is 15.0. The molecule has 3 nitrogen and oxygen atoms in total. The van der Waals surface area contributed by atoms with Gasteiger partial charge in [0.1, 0.15) is 0 Å². The second-order valence-electron chi connectivity index (χ2n) is 14.6. The van der Waals surface area contributed by atoms with Crippen molar-refractivity contribution in [3.8, 4) is 61.7 Å². The summed E-state index contributed by atoms with van der Waals surface area (Å²) in [6.45, 7) is 0. The Morgan fingerprint density at radius 1 is 0.298 bits per heavy atom. The van der Waals surface area contributed by atoms with Gasteiger partial charge in [-0.3, -0.25) is 0 Å². The van der Waals surface area contributed by atoms with Crippen molar-refractivity contribution >= 4 is 43.5 Å². The Balaban J connectivity index is 1.03. The lowest BCUT2D eigenvalue weighted by molar-refractivity contribution is 1.17. The fraction of sp³-hybridized carbons (Fsp3) is 0. The maximum atomic E-state index is 5.30. The van der Waals surface area contributed by atoms with E-state index in [9.17, 15) is 0 Å². The first kappa shape index (κ1) is 32.8. The summed E-state index contributed by atoms with van der Waals surface area (Å²) in [6.07, 6.45) is 0. The molecule has 11 aromatic rings. The van der Waals surface area contributed by atoms with Crippen LogP contribution in [0.4, 0.5) is 0 Å². The quantitative estimate of drug-likeness (QED) is 0.171. The Labute approximate surface area is 330 Å². The number of nitrogens with zero attached hydrogens (tertiary/aromatic N) is 3. The van der Waals surface area contributed by atoms with Gasteiger partial charge < -0.3 is 4.57 Å². The number of benzene rings is 9. The molecular formula is C54H35N3. The molecular weight excluding hydrogens is 691 g/mol. The minimum Gasteiger partial charge on any atom is -0.309 e. The fourth-order valence-electron chi connectivity index (χ4n) is 8.29. The first-order valence-electron chi connectivity index (χ1n) is 19.4. The Hall–Kier alpha value is -7.62.